The van der Waals surface area contributed by atoms with Gasteiger partial charge >= 0.3 is 0 Å². The summed E-state index contributed by atoms with van der Waals surface area (Å²) in [4.78, 5) is 27.3. The number of Topliss-reactive ketones (excluding diaryl/α,β-unsaturated/α-hetero) is 1. The number of fused-ring (bicyclic) bond motifs is 1. The van der Waals surface area contributed by atoms with Crippen LogP contribution < -0.4 is 14.2 Å². The summed E-state index contributed by atoms with van der Waals surface area (Å²) in [6, 6.07) is 9.37. The maximum atomic E-state index is 12.8. The number of carbonyl (C=O) groups is 2. The van der Waals surface area contributed by atoms with Gasteiger partial charge in [0.1, 0.15) is 22.8 Å². The summed E-state index contributed by atoms with van der Waals surface area (Å²) in [5, 5.41) is 0. The summed E-state index contributed by atoms with van der Waals surface area (Å²) in [6.07, 6.45) is 1.57. The number of methoxy groups -OCH3 is 1. The van der Waals surface area contributed by atoms with E-state index in [2.05, 4.69) is 6.07 Å². The van der Waals surface area contributed by atoms with Gasteiger partial charge in [0.15, 0.2) is 12.4 Å². The first kappa shape index (κ1) is 21.2. The van der Waals surface area contributed by atoms with E-state index in [1.165, 1.54) is 0 Å². The van der Waals surface area contributed by atoms with Gasteiger partial charge in [-0.2, -0.15) is 0 Å². The highest BCUT2D eigenvalue weighted by Crippen LogP contribution is 2.40. The van der Waals surface area contributed by atoms with Gasteiger partial charge in [0, 0.05) is 32.0 Å². The predicted octanol–water partition coefficient (Wildman–Crippen LogP) is 4.03. The van der Waals surface area contributed by atoms with Crippen LogP contribution in [0.15, 0.2) is 30.3 Å². The van der Waals surface area contributed by atoms with Crippen molar-refractivity contribution in [3.05, 3.63) is 52.6 Å². The van der Waals surface area contributed by atoms with Crippen molar-refractivity contribution in [1.82, 2.24) is 4.90 Å². The van der Waals surface area contributed by atoms with Crippen LogP contribution in [0.5, 0.6) is 17.2 Å². The summed E-state index contributed by atoms with van der Waals surface area (Å²) in [5.41, 5.74) is 3.27. The number of aryl methyl sites for hydroxylation is 2. The van der Waals surface area contributed by atoms with E-state index in [1.54, 1.807) is 30.2 Å². The van der Waals surface area contributed by atoms with Gasteiger partial charge < -0.3 is 19.1 Å². The van der Waals surface area contributed by atoms with Crippen LogP contribution in [-0.2, 0) is 4.79 Å². The van der Waals surface area contributed by atoms with Crippen molar-refractivity contribution in [2.45, 2.75) is 45.6 Å². The zero-order chi connectivity index (χ0) is 22.2. The molecule has 164 valence electrons. The lowest BCUT2D eigenvalue weighted by atomic mass is 9.82. The summed E-state index contributed by atoms with van der Waals surface area (Å²) >= 11 is 0. The molecular formula is C25H29NO5. The zero-order valence-electron chi connectivity index (χ0n) is 18.6. The molecule has 31 heavy (non-hydrogen) atoms. The third kappa shape index (κ3) is 4.11. The van der Waals surface area contributed by atoms with Crippen LogP contribution in [0.25, 0.3) is 0 Å². The topological polar surface area (TPSA) is 65.1 Å². The average molecular weight is 424 g/mol. The highest BCUT2D eigenvalue weighted by atomic mass is 16.5. The number of nitrogens with zero attached hydrogens (tertiary/aromatic N) is 1. The predicted molar refractivity (Wildman–Crippen MR) is 117 cm³/mol. The average Bonchev–Trinajstić information content (AvgIpc) is 2.76. The third-order valence-corrected chi connectivity index (χ3v) is 6.54. The van der Waals surface area contributed by atoms with Crippen molar-refractivity contribution < 1.29 is 23.8 Å². The number of ether oxygens (including phenoxy) is 3. The molecule has 1 spiro atoms. The molecule has 2 aliphatic rings. The minimum atomic E-state index is -0.558. The van der Waals surface area contributed by atoms with Crippen LogP contribution in [0.4, 0.5) is 0 Å². The van der Waals surface area contributed by atoms with Crippen molar-refractivity contribution in [2.24, 2.45) is 0 Å². The standard InChI is InChI=1S/C25H29NO5/c1-16-5-6-17(2)24(18(16)3)30-15-23(28)26-11-9-25(10-12-26)14-21(27)20-8-7-19(29-4)13-22(20)31-25/h5-8,13H,9-12,14-15H2,1-4H3. The second-order valence-corrected chi connectivity index (χ2v) is 8.57. The molecule has 6 heteroatoms. The molecule has 0 bridgehead atoms. The Bertz CT molecular complexity index is 1020. The monoisotopic (exact) mass is 423 g/mol. The molecule has 0 aromatic heterocycles. The van der Waals surface area contributed by atoms with Crippen LogP contribution in [0.3, 0.4) is 0 Å². The molecule has 0 atom stereocenters. The third-order valence-electron chi connectivity index (χ3n) is 6.54. The molecule has 2 heterocycles. The number of hydrogen-bond donors (Lipinski definition) is 0. The molecule has 0 unspecified atom stereocenters. The van der Waals surface area contributed by atoms with E-state index in [9.17, 15) is 9.59 Å². The Morgan fingerprint density at radius 1 is 1.10 bits per heavy atom. The van der Waals surface area contributed by atoms with Gasteiger partial charge in [0.2, 0.25) is 0 Å². The molecule has 0 N–H and O–H groups in total. The fourth-order valence-electron chi connectivity index (χ4n) is 4.42. The first-order chi connectivity index (χ1) is 14.8. The number of hydrogen-bond acceptors (Lipinski definition) is 5. The zero-order valence-corrected chi connectivity index (χ0v) is 18.6. The van der Waals surface area contributed by atoms with Crippen molar-refractivity contribution in [3.63, 3.8) is 0 Å². The molecule has 6 nitrogen and oxygen atoms in total. The Morgan fingerprint density at radius 2 is 1.81 bits per heavy atom. The fraction of sp³-hybridized carbons (Fsp3) is 0.440. The van der Waals surface area contributed by atoms with Gasteiger partial charge in [-0.15, -0.1) is 0 Å². The summed E-state index contributed by atoms with van der Waals surface area (Å²) < 4.78 is 17.5. The second kappa shape index (κ2) is 8.25. The summed E-state index contributed by atoms with van der Waals surface area (Å²) in [7, 11) is 1.59. The van der Waals surface area contributed by atoms with Gasteiger partial charge in [-0.3, -0.25) is 9.59 Å². The summed E-state index contributed by atoms with van der Waals surface area (Å²) in [6.45, 7) is 7.13. The van der Waals surface area contributed by atoms with E-state index in [-0.39, 0.29) is 18.3 Å². The Balaban J connectivity index is 1.39. The van der Waals surface area contributed by atoms with Crippen molar-refractivity contribution in [3.8, 4) is 17.2 Å². The normalized spacial score (nSPS) is 17.2. The van der Waals surface area contributed by atoms with E-state index in [4.69, 9.17) is 14.2 Å². The van der Waals surface area contributed by atoms with Crippen LogP contribution in [0.1, 0.15) is 46.3 Å². The highest BCUT2D eigenvalue weighted by molar-refractivity contribution is 6.00. The molecule has 2 aliphatic heterocycles. The number of piperidine rings is 1. The molecular weight excluding hydrogens is 394 g/mol. The summed E-state index contributed by atoms with van der Waals surface area (Å²) in [5.74, 6) is 2.06. The van der Waals surface area contributed by atoms with E-state index in [0.717, 1.165) is 22.4 Å². The van der Waals surface area contributed by atoms with Gasteiger partial charge in [-0.05, 0) is 49.6 Å². The number of benzene rings is 2. The van der Waals surface area contributed by atoms with Crippen molar-refractivity contribution in [1.29, 1.82) is 0 Å². The molecule has 1 fully saturated rings. The number of rotatable bonds is 4. The van der Waals surface area contributed by atoms with E-state index in [0.29, 0.717) is 49.4 Å². The van der Waals surface area contributed by atoms with Gasteiger partial charge in [-0.25, -0.2) is 0 Å². The Kier molecular flexibility index (Phi) is 5.65. The minimum Gasteiger partial charge on any atom is -0.497 e. The molecule has 0 radical (unpaired) electrons. The van der Waals surface area contributed by atoms with Crippen LogP contribution >= 0.6 is 0 Å². The molecule has 0 aliphatic carbocycles. The number of ketones is 1. The van der Waals surface area contributed by atoms with E-state index < -0.39 is 5.60 Å². The fourth-order valence-corrected chi connectivity index (χ4v) is 4.42. The maximum Gasteiger partial charge on any atom is 0.260 e. The highest BCUT2D eigenvalue weighted by Gasteiger charge is 2.43. The first-order valence-corrected chi connectivity index (χ1v) is 10.7. The van der Waals surface area contributed by atoms with Gasteiger partial charge in [-0.1, -0.05) is 12.1 Å². The first-order valence-electron chi connectivity index (χ1n) is 10.7. The quantitative estimate of drug-likeness (QED) is 0.743. The largest absolute Gasteiger partial charge is 0.497 e. The van der Waals surface area contributed by atoms with Crippen LogP contribution in [-0.4, -0.2) is 49.0 Å². The van der Waals surface area contributed by atoms with E-state index in [1.807, 2.05) is 26.8 Å². The van der Waals surface area contributed by atoms with Crippen molar-refractivity contribution >= 4 is 11.7 Å². The number of carbonyl (C=O) groups excluding carboxylic acids is 2. The molecule has 2 aromatic rings. The Morgan fingerprint density at radius 3 is 2.52 bits per heavy atom. The Labute approximate surface area is 183 Å². The molecule has 2 aromatic carbocycles. The number of amides is 1. The lowest BCUT2D eigenvalue weighted by molar-refractivity contribution is -0.136. The molecule has 1 saturated heterocycles. The molecule has 1 amide bonds. The second-order valence-electron chi connectivity index (χ2n) is 8.57. The molecule has 4 rings (SSSR count). The minimum absolute atomic E-state index is 0.0119. The number of likely N-dealkylation sites (tertiary alicyclic amines) is 1. The van der Waals surface area contributed by atoms with Gasteiger partial charge in [0.25, 0.3) is 5.91 Å². The Hall–Kier alpha value is -3.02. The smallest absolute Gasteiger partial charge is 0.260 e. The lowest BCUT2D eigenvalue weighted by Gasteiger charge is -2.44. The SMILES string of the molecule is COc1ccc2c(c1)OC1(CCN(C(=O)COc3c(C)ccc(C)c3C)CC1)CC2=O. The maximum absolute atomic E-state index is 12.8. The molecule has 0 saturated carbocycles. The lowest BCUT2D eigenvalue weighted by Crippen LogP contribution is -2.53. The van der Waals surface area contributed by atoms with Crippen LogP contribution in [0, 0.1) is 20.8 Å². The van der Waals surface area contributed by atoms with Crippen LogP contribution in [0.2, 0.25) is 0 Å². The van der Waals surface area contributed by atoms with Gasteiger partial charge in [0.05, 0.1) is 19.1 Å². The van der Waals surface area contributed by atoms with Crippen molar-refractivity contribution in [2.75, 3.05) is 26.8 Å². The van der Waals surface area contributed by atoms with E-state index >= 15 is 0 Å².